The molecular weight excluding hydrogens is 398 g/mol. The van der Waals surface area contributed by atoms with Gasteiger partial charge < -0.3 is 5.11 Å². The Labute approximate surface area is 175 Å². The molecule has 4 rings (SSSR count). The molecule has 0 aliphatic heterocycles. The van der Waals surface area contributed by atoms with Crippen molar-refractivity contribution in [1.29, 1.82) is 5.26 Å². The third-order valence-corrected chi connectivity index (χ3v) is 7.29. The molecule has 0 amide bonds. The molecule has 6 heteroatoms. The number of hydrogen-bond acceptors (Lipinski definition) is 4. The van der Waals surface area contributed by atoms with Gasteiger partial charge in [0.05, 0.1) is 27.8 Å². The molecule has 1 N–H and O–H groups in total. The van der Waals surface area contributed by atoms with E-state index in [1.54, 1.807) is 24.3 Å². The summed E-state index contributed by atoms with van der Waals surface area (Å²) in [5.74, 6) is -1.28. The molecule has 0 spiro atoms. The van der Waals surface area contributed by atoms with Gasteiger partial charge in [0.2, 0.25) is 0 Å². The zero-order chi connectivity index (χ0) is 21.5. The maximum Gasteiger partial charge on any atom is 0.335 e. The SMILES string of the molecule is CC1=CC=C(c2ccc(C#N)cc2CS(=O)(=O)c2cc(C(=O)O)ccc2C2CC2)C1. The highest BCUT2D eigenvalue weighted by molar-refractivity contribution is 7.90. The molecule has 2 aliphatic rings. The van der Waals surface area contributed by atoms with Crippen molar-refractivity contribution in [3.8, 4) is 6.07 Å². The van der Waals surface area contributed by atoms with Gasteiger partial charge >= 0.3 is 5.97 Å². The smallest absolute Gasteiger partial charge is 0.335 e. The Morgan fingerprint density at radius 3 is 2.53 bits per heavy atom. The van der Waals surface area contributed by atoms with Crippen LogP contribution in [-0.2, 0) is 15.6 Å². The van der Waals surface area contributed by atoms with Gasteiger partial charge in [0.15, 0.2) is 9.84 Å². The van der Waals surface area contributed by atoms with Crippen molar-refractivity contribution in [2.24, 2.45) is 0 Å². The Kier molecular flexibility index (Phi) is 5.08. The maximum atomic E-state index is 13.5. The summed E-state index contributed by atoms with van der Waals surface area (Å²) < 4.78 is 26.9. The van der Waals surface area contributed by atoms with E-state index in [0.29, 0.717) is 16.7 Å². The quantitative estimate of drug-likeness (QED) is 0.723. The lowest BCUT2D eigenvalue weighted by Crippen LogP contribution is -2.11. The third kappa shape index (κ3) is 3.94. The molecule has 1 saturated carbocycles. The van der Waals surface area contributed by atoms with Crippen molar-refractivity contribution in [3.05, 3.63) is 81.9 Å². The fourth-order valence-electron chi connectivity index (χ4n) is 3.89. The van der Waals surface area contributed by atoms with E-state index in [1.807, 2.05) is 19.1 Å². The van der Waals surface area contributed by atoms with Gasteiger partial charge in [-0.05, 0) is 78.6 Å². The van der Waals surface area contributed by atoms with E-state index in [2.05, 4.69) is 6.07 Å². The molecular formula is C24H21NO4S. The van der Waals surface area contributed by atoms with Crippen LogP contribution in [0.5, 0.6) is 0 Å². The summed E-state index contributed by atoms with van der Waals surface area (Å²) in [4.78, 5) is 11.5. The van der Waals surface area contributed by atoms with Crippen LogP contribution in [-0.4, -0.2) is 19.5 Å². The number of allylic oxidation sites excluding steroid dienone is 4. The fourth-order valence-corrected chi connectivity index (χ4v) is 5.60. The first-order valence-electron chi connectivity index (χ1n) is 9.78. The third-order valence-electron chi connectivity index (χ3n) is 5.58. The van der Waals surface area contributed by atoms with E-state index >= 15 is 0 Å². The number of hydrogen-bond donors (Lipinski definition) is 1. The van der Waals surface area contributed by atoms with Crippen LogP contribution in [0.1, 0.15) is 64.7 Å². The largest absolute Gasteiger partial charge is 0.478 e. The van der Waals surface area contributed by atoms with Gasteiger partial charge in [-0.2, -0.15) is 5.26 Å². The molecule has 152 valence electrons. The summed E-state index contributed by atoms with van der Waals surface area (Å²) in [6.07, 6.45) is 6.53. The number of rotatable bonds is 6. The van der Waals surface area contributed by atoms with Crippen molar-refractivity contribution in [2.75, 3.05) is 0 Å². The van der Waals surface area contributed by atoms with E-state index < -0.39 is 15.8 Å². The lowest BCUT2D eigenvalue weighted by Gasteiger charge is -2.15. The summed E-state index contributed by atoms with van der Waals surface area (Å²) in [5.41, 5.74) is 4.63. The first-order valence-corrected chi connectivity index (χ1v) is 11.4. The molecule has 2 aromatic rings. The van der Waals surface area contributed by atoms with E-state index in [-0.39, 0.29) is 22.1 Å². The van der Waals surface area contributed by atoms with Gasteiger partial charge in [0, 0.05) is 0 Å². The molecule has 0 saturated heterocycles. The van der Waals surface area contributed by atoms with Crippen LogP contribution in [0.25, 0.3) is 5.57 Å². The highest BCUT2D eigenvalue weighted by atomic mass is 32.2. The molecule has 0 atom stereocenters. The molecule has 2 aromatic carbocycles. The standard InChI is InChI=1S/C24H21NO4S/c1-15-2-4-18(10-15)21-8-3-16(13-25)11-20(21)14-30(28,29)23-12-19(24(26)27)7-9-22(23)17-5-6-17/h2-4,7-9,11-12,17H,5-6,10,14H2,1H3,(H,26,27). The van der Waals surface area contributed by atoms with Gasteiger partial charge in [-0.1, -0.05) is 29.9 Å². The minimum Gasteiger partial charge on any atom is -0.478 e. The Hall–Kier alpha value is -3.17. The zero-order valence-corrected chi connectivity index (χ0v) is 17.4. The van der Waals surface area contributed by atoms with Gasteiger partial charge in [-0.15, -0.1) is 0 Å². The van der Waals surface area contributed by atoms with E-state index in [9.17, 15) is 23.6 Å². The van der Waals surface area contributed by atoms with Gasteiger partial charge in [-0.3, -0.25) is 0 Å². The molecule has 0 heterocycles. The average molecular weight is 420 g/mol. The van der Waals surface area contributed by atoms with Crippen molar-refractivity contribution in [1.82, 2.24) is 0 Å². The second kappa shape index (κ2) is 7.58. The first-order chi connectivity index (χ1) is 14.3. The number of carboxylic acid groups (broad SMARTS) is 1. The van der Waals surface area contributed by atoms with Crippen LogP contribution >= 0.6 is 0 Å². The minimum atomic E-state index is -3.81. The topological polar surface area (TPSA) is 95.2 Å². The van der Waals surface area contributed by atoms with E-state index in [4.69, 9.17) is 0 Å². The molecule has 0 unspecified atom stereocenters. The second-order valence-electron chi connectivity index (χ2n) is 7.96. The molecule has 5 nitrogen and oxygen atoms in total. The molecule has 0 aromatic heterocycles. The minimum absolute atomic E-state index is 0.0395. The van der Waals surface area contributed by atoms with Gasteiger partial charge in [0.25, 0.3) is 0 Å². The molecule has 0 radical (unpaired) electrons. The zero-order valence-electron chi connectivity index (χ0n) is 16.6. The summed E-state index contributed by atoms with van der Waals surface area (Å²) in [6, 6.07) is 11.6. The predicted molar refractivity (Wildman–Crippen MR) is 114 cm³/mol. The molecule has 30 heavy (non-hydrogen) atoms. The summed E-state index contributed by atoms with van der Waals surface area (Å²) in [7, 11) is -3.81. The number of carboxylic acids is 1. The van der Waals surface area contributed by atoms with Crippen molar-refractivity contribution < 1.29 is 18.3 Å². The monoisotopic (exact) mass is 419 g/mol. The van der Waals surface area contributed by atoms with Crippen LogP contribution in [0.4, 0.5) is 0 Å². The predicted octanol–water partition coefficient (Wildman–Crippen LogP) is 4.84. The van der Waals surface area contributed by atoms with E-state index in [0.717, 1.165) is 30.4 Å². The summed E-state index contributed by atoms with van der Waals surface area (Å²) in [5, 5.41) is 18.7. The Bertz CT molecular complexity index is 1260. The second-order valence-corrected chi connectivity index (χ2v) is 9.91. The van der Waals surface area contributed by atoms with Gasteiger partial charge in [0.1, 0.15) is 0 Å². The van der Waals surface area contributed by atoms with Crippen LogP contribution in [0.15, 0.2) is 59.0 Å². The summed E-state index contributed by atoms with van der Waals surface area (Å²) in [6.45, 7) is 2.02. The molecule has 0 bridgehead atoms. The van der Waals surface area contributed by atoms with Gasteiger partial charge in [-0.25, -0.2) is 13.2 Å². The Morgan fingerprint density at radius 2 is 1.93 bits per heavy atom. The van der Waals surface area contributed by atoms with Crippen molar-refractivity contribution in [3.63, 3.8) is 0 Å². The number of nitrogens with zero attached hydrogens (tertiary/aromatic N) is 1. The lowest BCUT2D eigenvalue weighted by molar-refractivity contribution is 0.0696. The highest BCUT2D eigenvalue weighted by Gasteiger charge is 2.32. The average Bonchev–Trinajstić information content (AvgIpc) is 3.48. The molecule has 2 aliphatic carbocycles. The van der Waals surface area contributed by atoms with Crippen LogP contribution < -0.4 is 0 Å². The van der Waals surface area contributed by atoms with Crippen molar-refractivity contribution >= 4 is 21.4 Å². The number of benzene rings is 2. The maximum absolute atomic E-state index is 13.5. The van der Waals surface area contributed by atoms with Crippen LogP contribution in [0.3, 0.4) is 0 Å². The summed E-state index contributed by atoms with van der Waals surface area (Å²) >= 11 is 0. The number of nitriles is 1. The fraction of sp³-hybridized carbons (Fsp3) is 0.250. The van der Waals surface area contributed by atoms with Crippen LogP contribution in [0, 0.1) is 11.3 Å². The lowest BCUT2D eigenvalue weighted by atomic mass is 9.97. The number of aromatic carboxylic acids is 1. The highest BCUT2D eigenvalue weighted by Crippen LogP contribution is 2.44. The first kappa shape index (κ1) is 20.1. The number of carbonyl (C=O) groups is 1. The molecule has 1 fully saturated rings. The van der Waals surface area contributed by atoms with Crippen LogP contribution in [0.2, 0.25) is 0 Å². The Balaban J connectivity index is 1.78. The normalized spacial score (nSPS) is 16.0. The number of sulfone groups is 1. The Morgan fingerprint density at radius 1 is 1.17 bits per heavy atom. The van der Waals surface area contributed by atoms with Crippen molar-refractivity contribution in [2.45, 2.75) is 42.8 Å². The van der Waals surface area contributed by atoms with E-state index in [1.165, 1.54) is 17.7 Å².